The van der Waals surface area contributed by atoms with Crippen molar-refractivity contribution in [1.82, 2.24) is 20.3 Å². The average Bonchev–Trinajstić information content (AvgIpc) is 3.07. The van der Waals surface area contributed by atoms with E-state index in [1.807, 2.05) is 25.4 Å². The molecule has 7 nitrogen and oxygen atoms in total. The molecular weight excluding hydrogens is 328 g/mol. The average molecular weight is 354 g/mol. The maximum atomic E-state index is 10.2. The second-order valence-electron chi connectivity index (χ2n) is 7.10. The van der Waals surface area contributed by atoms with Crippen LogP contribution in [0.25, 0.3) is 0 Å². The predicted molar refractivity (Wildman–Crippen MR) is 101 cm³/mol. The summed E-state index contributed by atoms with van der Waals surface area (Å²) in [6, 6.07) is 6.69. The molecule has 3 N–H and O–H groups in total. The van der Waals surface area contributed by atoms with Gasteiger partial charge in [0.25, 0.3) is 0 Å². The molecule has 0 spiro atoms. The van der Waals surface area contributed by atoms with Gasteiger partial charge in [-0.2, -0.15) is 0 Å². The lowest BCUT2D eigenvalue weighted by Gasteiger charge is -2.30. The van der Waals surface area contributed by atoms with E-state index in [-0.39, 0.29) is 12.1 Å². The van der Waals surface area contributed by atoms with Crippen LogP contribution >= 0.6 is 0 Å². The Bertz CT molecular complexity index is 754. The molecule has 3 heterocycles. The highest BCUT2D eigenvalue weighted by atomic mass is 16.3. The molecule has 1 aliphatic heterocycles. The summed E-state index contributed by atoms with van der Waals surface area (Å²) < 4.78 is 0. The molecule has 1 saturated heterocycles. The van der Waals surface area contributed by atoms with Gasteiger partial charge in [0.15, 0.2) is 0 Å². The fourth-order valence-corrected chi connectivity index (χ4v) is 4.10. The Morgan fingerprint density at radius 3 is 3.12 bits per heavy atom. The van der Waals surface area contributed by atoms with E-state index in [1.54, 1.807) is 6.33 Å². The summed E-state index contributed by atoms with van der Waals surface area (Å²) in [6.45, 7) is 1.42. The summed E-state index contributed by atoms with van der Waals surface area (Å²) in [7, 11) is 1.85. The normalized spacial score (nSPS) is 25.2. The Morgan fingerprint density at radius 1 is 1.31 bits per heavy atom. The van der Waals surface area contributed by atoms with Gasteiger partial charge in [0.05, 0.1) is 6.10 Å². The van der Waals surface area contributed by atoms with Crippen molar-refractivity contribution < 1.29 is 5.11 Å². The first-order valence-electron chi connectivity index (χ1n) is 9.36. The van der Waals surface area contributed by atoms with Crippen LogP contribution in [0.4, 0.5) is 11.6 Å². The fourth-order valence-electron chi connectivity index (χ4n) is 4.10. The first-order valence-corrected chi connectivity index (χ1v) is 9.36. The third-order valence-electron chi connectivity index (χ3n) is 5.40. The van der Waals surface area contributed by atoms with Gasteiger partial charge in [-0.25, -0.2) is 9.97 Å². The lowest BCUT2D eigenvalue weighted by atomic mass is 9.91. The van der Waals surface area contributed by atoms with Gasteiger partial charge in [0, 0.05) is 50.2 Å². The number of nitrogens with zero attached hydrogens (tertiary/aromatic N) is 4. The minimum atomic E-state index is -0.324. The summed E-state index contributed by atoms with van der Waals surface area (Å²) in [6.07, 6.45) is 7.23. The van der Waals surface area contributed by atoms with Gasteiger partial charge in [-0.05, 0) is 37.3 Å². The minimum absolute atomic E-state index is 0.214. The van der Waals surface area contributed by atoms with Crippen molar-refractivity contribution in [2.45, 2.75) is 43.9 Å². The van der Waals surface area contributed by atoms with Gasteiger partial charge in [-0.1, -0.05) is 6.07 Å². The molecule has 0 radical (unpaired) electrons. The number of nitrogens with one attached hydrogen (secondary N) is 2. The van der Waals surface area contributed by atoms with Crippen LogP contribution in [0.1, 0.15) is 36.6 Å². The molecular formula is C19H26N6O. The quantitative estimate of drug-likeness (QED) is 0.750. The number of aryl methyl sites for hydroxylation is 1. The van der Waals surface area contributed by atoms with Crippen LogP contribution in [0, 0.1) is 0 Å². The maximum absolute atomic E-state index is 10.2. The Kier molecular flexibility index (Phi) is 4.99. The zero-order valence-corrected chi connectivity index (χ0v) is 15.1. The summed E-state index contributed by atoms with van der Waals surface area (Å²) in [5.41, 5.74) is 2.54. The number of hydrogen-bond donors (Lipinski definition) is 3. The van der Waals surface area contributed by atoms with E-state index in [9.17, 15) is 5.11 Å². The van der Waals surface area contributed by atoms with Crippen LogP contribution < -0.4 is 15.5 Å². The molecule has 0 saturated carbocycles. The summed E-state index contributed by atoms with van der Waals surface area (Å²) in [4.78, 5) is 15.3. The number of aliphatic hydroxyl groups is 1. The molecule has 1 fully saturated rings. The number of rotatable bonds is 5. The monoisotopic (exact) mass is 354 g/mol. The van der Waals surface area contributed by atoms with Crippen molar-refractivity contribution in [1.29, 1.82) is 0 Å². The number of hydrogen-bond acceptors (Lipinski definition) is 7. The van der Waals surface area contributed by atoms with Gasteiger partial charge in [-0.15, -0.1) is 0 Å². The number of pyridine rings is 1. The second-order valence-corrected chi connectivity index (χ2v) is 7.10. The van der Waals surface area contributed by atoms with E-state index in [4.69, 9.17) is 0 Å². The lowest BCUT2D eigenvalue weighted by molar-refractivity contribution is 0.193. The van der Waals surface area contributed by atoms with Crippen molar-refractivity contribution in [2.24, 2.45) is 0 Å². The van der Waals surface area contributed by atoms with E-state index in [2.05, 4.69) is 36.6 Å². The fraction of sp³-hybridized carbons (Fsp3) is 0.526. The maximum Gasteiger partial charge on any atom is 0.134 e. The molecule has 0 bridgehead atoms. The van der Waals surface area contributed by atoms with Crippen LogP contribution in [0.5, 0.6) is 0 Å². The molecule has 1 aliphatic carbocycles. The molecule has 7 heteroatoms. The van der Waals surface area contributed by atoms with Crippen molar-refractivity contribution in [2.75, 3.05) is 30.4 Å². The van der Waals surface area contributed by atoms with Gasteiger partial charge in [0.2, 0.25) is 0 Å². The van der Waals surface area contributed by atoms with E-state index >= 15 is 0 Å². The van der Waals surface area contributed by atoms with Gasteiger partial charge in [0.1, 0.15) is 18.0 Å². The molecule has 4 rings (SSSR count). The van der Waals surface area contributed by atoms with E-state index < -0.39 is 0 Å². The largest absolute Gasteiger partial charge is 0.391 e. The molecule has 3 atom stereocenters. The molecule has 2 aromatic heterocycles. The SMILES string of the molecule is CNc1cc(N2C[C@H](O)C[C@@H]2CNC2CCCc3ncccc32)ncn1. The molecule has 26 heavy (non-hydrogen) atoms. The number of aromatic nitrogens is 3. The Morgan fingerprint density at radius 2 is 2.23 bits per heavy atom. The highest BCUT2D eigenvalue weighted by Crippen LogP contribution is 2.29. The van der Waals surface area contributed by atoms with Crippen molar-refractivity contribution >= 4 is 11.6 Å². The highest BCUT2D eigenvalue weighted by Gasteiger charge is 2.33. The highest BCUT2D eigenvalue weighted by molar-refractivity contribution is 5.50. The lowest BCUT2D eigenvalue weighted by Crippen LogP contribution is -2.40. The summed E-state index contributed by atoms with van der Waals surface area (Å²) >= 11 is 0. The van der Waals surface area contributed by atoms with Crippen molar-refractivity contribution in [3.05, 3.63) is 42.0 Å². The third-order valence-corrected chi connectivity index (χ3v) is 5.40. The van der Waals surface area contributed by atoms with E-state index in [0.29, 0.717) is 12.6 Å². The molecule has 1 unspecified atom stereocenters. The third kappa shape index (κ3) is 3.50. The molecule has 2 aromatic rings. The van der Waals surface area contributed by atoms with Crippen LogP contribution in [0.2, 0.25) is 0 Å². The van der Waals surface area contributed by atoms with Gasteiger partial charge in [-0.3, -0.25) is 4.98 Å². The van der Waals surface area contributed by atoms with Crippen molar-refractivity contribution in [3.8, 4) is 0 Å². The van der Waals surface area contributed by atoms with Crippen LogP contribution in [0.15, 0.2) is 30.7 Å². The standard InChI is InChI=1S/C19H26N6O/c1-20-18-9-19(24-12-23-18)25-11-14(26)8-13(25)10-22-17-6-2-5-16-15(17)4-3-7-21-16/h3-4,7,9,12-14,17,22,26H,2,5-6,8,10-11H2,1H3,(H,20,23,24)/t13-,14-,17?/m1/s1. The van der Waals surface area contributed by atoms with Gasteiger partial charge < -0.3 is 20.6 Å². The van der Waals surface area contributed by atoms with Crippen LogP contribution in [-0.4, -0.2) is 52.3 Å². The van der Waals surface area contributed by atoms with Crippen molar-refractivity contribution in [3.63, 3.8) is 0 Å². The second kappa shape index (κ2) is 7.55. The topological polar surface area (TPSA) is 86.2 Å². The zero-order chi connectivity index (χ0) is 17.9. The Balaban J connectivity index is 1.47. The first-order chi connectivity index (χ1) is 12.7. The van der Waals surface area contributed by atoms with Crippen LogP contribution in [0.3, 0.4) is 0 Å². The first kappa shape index (κ1) is 17.2. The zero-order valence-electron chi connectivity index (χ0n) is 15.1. The number of aliphatic hydroxyl groups excluding tert-OH is 1. The smallest absolute Gasteiger partial charge is 0.134 e. The molecule has 0 amide bonds. The Hall–Kier alpha value is -2.25. The molecule has 138 valence electrons. The van der Waals surface area contributed by atoms with E-state index in [0.717, 1.165) is 43.9 Å². The molecule has 2 aliphatic rings. The molecule has 0 aromatic carbocycles. The number of anilines is 2. The predicted octanol–water partition coefficient (Wildman–Crippen LogP) is 1.52. The number of β-amino-alcohol motifs (C(OH)–C–C–N with tert-alkyl or cyclic N) is 1. The van der Waals surface area contributed by atoms with E-state index in [1.165, 1.54) is 11.3 Å². The Labute approximate surface area is 153 Å². The summed E-state index contributed by atoms with van der Waals surface area (Å²) in [5.74, 6) is 1.65. The number of fused-ring (bicyclic) bond motifs is 1. The van der Waals surface area contributed by atoms with Crippen LogP contribution in [-0.2, 0) is 6.42 Å². The van der Waals surface area contributed by atoms with Gasteiger partial charge >= 0.3 is 0 Å². The minimum Gasteiger partial charge on any atom is -0.391 e. The summed E-state index contributed by atoms with van der Waals surface area (Å²) in [5, 5.41) is 17.0.